The van der Waals surface area contributed by atoms with Gasteiger partial charge in [-0.1, -0.05) is 30.3 Å². The van der Waals surface area contributed by atoms with Crippen LogP contribution in [0.5, 0.6) is 0 Å². The summed E-state index contributed by atoms with van der Waals surface area (Å²) in [7, 11) is 1.73. The zero-order chi connectivity index (χ0) is 14.9. The maximum Gasteiger partial charge on any atom is 0.0487 e. The molecule has 1 fully saturated rings. The van der Waals surface area contributed by atoms with Crippen LogP contribution in [0.2, 0.25) is 0 Å². The summed E-state index contributed by atoms with van der Waals surface area (Å²) in [6.45, 7) is 2.39. The van der Waals surface area contributed by atoms with Crippen LogP contribution in [0.25, 0.3) is 0 Å². The molecule has 0 aliphatic heterocycles. The Labute approximate surface area is 128 Å². The first-order valence-electron chi connectivity index (χ1n) is 8.18. The Bertz CT molecular complexity index is 382. The number of ether oxygens (including phenoxy) is 2. The van der Waals surface area contributed by atoms with E-state index in [0.717, 1.165) is 39.1 Å². The topological polar surface area (TPSA) is 44.5 Å². The number of nitrogens with two attached hydrogens (primary N) is 1. The van der Waals surface area contributed by atoms with Gasteiger partial charge in [0.15, 0.2) is 0 Å². The molecule has 3 unspecified atom stereocenters. The third kappa shape index (κ3) is 5.42. The average molecular weight is 291 g/mol. The van der Waals surface area contributed by atoms with Crippen LogP contribution in [0.4, 0.5) is 0 Å². The lowest BCUT2D eigenvalue weighted by Gasteiger charge is -2.34. The molecule has 1 saturated carbocycles. The van der Waals surface area contributed by atoms with Crippen LogP contribution >= 0.6 is 0 Å². The lowest BCUT2D eigenvalue weighted by Crippen LogP contribution is -2.36. The molecular formula is C18H29NO2. The van der Waals surface area contributed by atoms with Gasteiger partial charge >= 0.3 is 0 Å². The van der Waals surface area contributed by atoms with Gasteiger partial charge in [-0.05, 0) is 49.5 Å². The third-order valence-electron chi connectivity index (χ3n) is 4.58. The molecule has 0 radical (unpaired) electrons. The maximum absolute atomic E-state index is 6.31. The van der Waals surface area contributed by atoms with Gasteiger partial charge in [-0.25, -0.2) is 0 Å². The zero-order valence-corrected chi connectivity index (χ0v) is 13.2. The summed E-state index contributed by atoms with van der Waals surface area (Å²) in [6.07, 6.45) is 5.61. The number of hydrogen-bond acceptors (Lipinski definition) is 3. The van der Waals surface area contributed by atoms with E-state index in [2.05, 4.69) is 30.3 Å². The molecule has 1 aromatic rings. The lowest BCUT2D eigenvalue weighted by molar-refractivity contribution is 0.0860. The highest BCUT2D eigenvalue weighted by Gasteiger charge is 2.28. The molecule has 0 amide bonds. The molecule has 0 saturated heterocycles. The summed E-state index contributed by atoms with van der Waals surface area (Å²) in [5.41, 5.74) is 7.77. The van der Waals surface area contributed by atoms with Crippen molar-refractivity contribution in [3.8, 4) is 0 Å². The summed E-state index contributed by atoms with van der Waals surface area (Å²) in [4.78, 5) is 0. The van der Waals surface area contributed by atoms with Crippen LogP contribution in [0, 0.1) is 5.92 Å². The molecule has 3 nitrogen and oxygen atoms in total. The predicted octanol–water partition coefficient (Wildman–Crippen LogP) is 3.34. The van der Waals surface area contributed by atoms with Crippen LogP contribution in [0.15, 0.2) is 30.3 Å². The van der Waals surface area contributed by atoms with Crippen LogP contribution in [0.3, 0.4) is 0 Å². The third-order valence-corrected chi connectivity index (χ3v) is 4.58. The van der Waals surface area contributed by atoms with E-state index in [1.807, 2.05) is 0 Å². The van der Waals surface area contributed by atoms with Gasteiger partial charge in [0.1, 0.15) is 0 Å². The molecule has 3 atom stereocenters. The quantitative estimate of drug-likeness (QED) is 0.747. The first-order chi connectivity index (χ1) is 10.3. The van der Waals surface area contributed by atoms with E-state index in [0.29, 0.717) is 17.9 Å². The highest BCUT2D eigenvalue weighted by Crippen LogP contribution is 2.36. The summed E-state index contributed by atoms with van der Waals surface area (Å²) in [5.74, 6) is 1.26. The largest absolute Gasteiger partial charge is 0.385 e. The Kier molecular flexibility index (Phi) is 7.20. The number of methoxy groups -OCH3 is 1. The van der Waals surface area contributed by atoms with Gasteiger partial charge in [0.2, 0.25) is 0 Å². The minimum absolute atomic E-state index is 0.340. The smallest absolute Gasteiger partial charge is 0.0487 e. The molecule has 1 aliphatic carbocycles. The minimum atomic E-state index is 0.340. The van der Waals surface area contributed by atoms with E-state index in [-0.39, 0.29) is 0 Å². The Morgan fingerprint density at radius 3 is 2.67 bits per heavy atom. The van der Waals surface area contributed by atoms with Crippen molar-refractivity contribution >= 4 is 0 Å². The molecule has 2 N–H and O–H groups in total. The monoisotopic (exact) mass is 291 g/mol. The second-order valence-corrected chi connectivity index (χ2v) is 6.09. The van der Waals surface area contributed by atoms with Gasteiger partial charge in [-0.15, -0.1) is 0 Å². The van der Waals surface area contributed by atoms with Crippen LogP contribution in [0.1, 0.15) is 43.6 Å². The van der Waals surface area contributed by atoms with E-state index < -0.39 is 0 Å². The Hall–Kier alpha value is -0.900. The van der Waals surface area contributed by atoms with Crippen molar-refractivity contribution in [1.82, 2.24) is 0 Å². The van der Waals surface area contributed by atoms with Crippen LogP contribution < -0.4 is 5.73 Å². The maximum atomic E-state index is 6.31. The van der Waals surface area contributed by atoms with Crippen molar-refractivity contribution in [3.63, 3.8) is 0 Å². The highest BCUT2D eigenvalue weighted by molar-refractivity contribution is 5.20. The molecule has 3 heteroatoms. The summed E-state index contributed by atoms with van der Waals surface area (Å²) >= 11 is 0. The van der Waals surface area contributed by atoms with Crippen molar-refractivity contribution in [2.75, 3.05) is 26.9 Å². The summed E-state index contributed by atoms with van der Waals surface area (Å²) in [5, 5.41) is 0. The fourth-order valence-electron chi connectivity index (χ4n) is 3.29. The van der Waals surface area contributed by atoms with E-state index in [1.165, 1.54) is 18.4 Å². The number of hydrogen-bond donors (Lipinski definition) is 1. The van der Waals surface area contributed by atoms with Crippen molar-refractivity contribution in [1.29, 1.82) is 0 Å². The molecule has 21 heavy (non-hydrogen) atoms. The van der Waals surface area contributed by atoms with Crippen LogP contribution in [-0.2, 0) is 9.47 Å². The molecule has 2 rings (SSSR count). The fourth-order valence-corrected chi connectivity index (χ4v) is 3.29. The van der Waals surface area contributed by atoms with Crippen LogP contribution in [-0.4, -0.2) is 33.0 Å². The normalized spacial score (nSPS) is 25.9. The van der Waals surface area contributed by atoms with Gasteiger partial charge in [-0.2, -0.15) is 0 Å². The Balaban J connectivity index is 1.74. The molecular weight excluding hydrogens is 262 g/mol. The van der Waals surface area contributed by atoms with Gasteiger partial charge in [0.25, 0.3) is 0 Å². The first kappa shape index (κ1) is 16.5. The molecule has 118 valence electrons. The van der Waals surface area contributed by atoms with Gasteiger partial charge in [0.05, 0.1) is 0 Å². The molecule has 0 spiro atoms. The molecule has 0 heterocycles. The summed E-state index contributed by atoms with van der Waals surface area (Å²) < 4.78 is 10.7. The molecule has 0 aromatic heterocycles. The van der Waals surface area contributed by atoms with Crippen molar-refractivity contribution < 1.29 is 9.47 Å². The van der Waals surface area contributed by atoms with Gasteiger partial charge in [0, 0.05) is 33.0 Å². The van der Waals surface area contributed by atoms with E-state index in [4.69, 9.17) is 15.2 Å². The standard InChI is InChI=1S/C18H29NO2/c1-20-11-5-12-21-13-10-17-14-16(8-9-18(17)19)15-6-3-2-4-7-15/h2-4,6-7,16-18H,5,8-14,19H2,1H3. The Morgan fingerprint density at radius 1 is 1.10 bits per heavy atom. The van der Waals surface area contributed by atoms with E-state index >= 15 is 0 Å². The predicted molar refractivity (Wildman–Crippen MR) is 86.4 cm³/mol. The average Bonchev–Trinajstić information content (AvgIpc) is 2.53. The SMILES string of the molecule is COCCCOCCC1CC(c2ccccc2)CCC1N. The molecule has 1 aliphatic rings. The van der Waals surface area contributed by atoms with E-state index in [1.54, 1.807) is 7.11 Å². The lowest BCUT2D eigenvalue weighted by atomic mass is 9.74. The summed E-state index contributed by atoms with van der Waals surface area (Å²) in [6, 6.07) is 11.2. The highest BCUT2D eigenvalue weighted by atomic mass is 16.5. The second kappa shape index (κ2) is 9.19. The van der Waals surface area contributed by atoms with Gasteiger partial charge < -0.3 is 15.2 Å². The van der Waals surface area contributed by atoms with Gasteiger partial charge in [-0.3, -0.25) is 0 Å². The fraction of sp³-hybridized carbons (Fsp3) is 0.667. The second-order valence-electron chi connectivity index (χ2n) is 6.09. The first-order valence-corrected chi connectivity index (χ1v) is 8.18. The van der Waals surface area contributed by atoms with E-state index in [9.17, 15) is 0 Å². The van der Waals surface area contributed by atoms with Crippen molar-refractivity contribution in [2.45, 2.75) is 44.1 Å². The minimum Gasteiger partial charge on any atom is -0.385 e. The molecule has 0 bridgehead atoms. The van der Waals surface area contributed by atoms with Crippen molar-refractivity contribution in [3.05, 3.63) is 35.9 Å². The van der Waals surface area contributed by atoms with Crippen molar-refractivity contribution in [2.24, 2.45) is 11.7 Å². The zero-order valence-electron chi connectivity index (χ0n) is 13.2. The number of benzene rings is 1. The Morgan fingerprint density at radius 2 is 1.90 bits per heavy atom. The molecule has 1 aromatic carbocycles. The number of rotatable bonds is 8.